The maximum Gasteiger partial charge on any atom is 0.191 e. The summed E-state index contributed by atoms with van der Waals surface area (Å²) in [6, 6.07) is 9.04. The van der Waals surface area contributed by atoms with Gasteiger partial charge in [-0.2, -0.15) is 0 Å². The van der Waals surface area contributed by atoms with Gasteiger partial charge in [0, 0.05) is 19.1 Å². The quantitative estimate of drug-likeness (QED) is 0.417. The lowest BCUT2D eigenvalue weighted by atomic mass is 10.1. The Morgan fingerprint density at radius 1 is 1.17 bits per heavy atom. The van der Waals surface area contributed by atoms with Crippen molar-refractivity contribution < 1.29 is 0 Å². The molecule has 0 saturated heterocycles. The molecular formula is C19H34N4. The zero-order valence-electron chi connectivity index (χ0n) is 15.5. The van der Waals surface area contributed by atoms with E-state index in [1.807, 2.05) is 0 Å². The number of nitrogens with one attached hydrogen (secondary N) is 2. The largest absolute Gasteiger partial charge is 0.357 e. The number of benzene rings is 1. The Balaban J connectivity index is 2.37. The number of guanidine groups is 1. The van der Waals surface area contributed by atoms with E-state index in [4.69, 9.17) is 0 Å². The second-order valence-corrected chi connectivity index (χ2v) is 6.33. The Kier molecular flexibility index (Phi) is 9.37. The summed E-state index contributed by atoms with van der Waals surface area (Å²) in [6.45, 7) is 12.4. The minimum atomic E-state index is 0.621. The summed E-state index contributed by atoms with van der Waals surface area (Å²) >= 11 is 0. The van der Waals surface area contributed by atoms with Crippen molar-refractivity contribution in [3.63, 3.8) is 0 Å². The second-order valence-electron chi connectivity index (χ2n) is 6.33. The van der Waals surface area contributed by atoms with Crippen molar-refractivity contribution >= 4 is 5.96 Å². The fraction of sp³-hybridized carbons (Fsp3) is 0.632. The molecule has 4 heteroatoms. The Morgan fingerprint density at radius 3 is 2.57 bits per heavy atom. The summed E-state index contributed by atoms with van der Waals surface area (Å²) in [5, 5.41) is 6.75. The normalized spacial score (nSPS) is 12.0. The molecule has 1 aromatic rings. The first kappa shape index (κ1) is 19.5. The number of hydrogen-bond donors (Lipinski definition) is 2. The molecule has 1 aromatic carbocycles. The Hall–Kier alpha value is -1.55. The van der Waals surface area contributed by atoms with Gasteiger partial charge in [0.05, 0.1) is 6.54 Å². The van der Waals surface area contributed by atoms with Crippen LogP contribution in [0.4, 0.5) is 0 Å². The zero-order chi connectivity index (χ0) is 17.1. The van der Waals surface area contributed by atoms with Crippen molar-refractivity contribution in [2.75, 3.05) is 26.7 Å². The van der Waals surface area contributed by atoms with Crippen LogP contribution >= 0.6 is 0 Å². The van der Waals surface area contributed by atoms with Crippen molar-refractivity contribution in [2.24, 2.45) is 4.99 Å². The van der Waals surface area contributed by atoms with Gasteiger partial charge in [-0.15, -0.1) is 0 Å². The maximum atomic E-state index is 4.69. The van der Waals surface area contributed by atoms with E-state index >= 15 is 0 Å². The highest BCUT2D eigenvalue weighted by Crippen LogP contribution is 2.07. The van der Waals surface area contributed by atoms with Crippen LogP contribution in [0, 0.1) is 6.92 Å². The molecule has 0 bridgehead atoms. The van der Waals surface area contributed by atoms with Crippen LogP contribution in [0.25, 0.3) is 0 Å². The molecule has 0 radical (unpaired) electrons. The van der Waals surface area contributed by atoms with Gasteiger partial charge in [0.2, 0.25) is 0 Å². The van der Waals surface area contributed by atoms with Crippen molar-refractivity contribution in [1.29, 1.82) is 0 Å². The first-order chi connectivity index (χ1) is 11.0. The minimum absolute atomic E-state index is 0.621. The summed E-state index contributed by atoms with van der Waals surface area (Å²) in [7, 11) is 2.19. The van der Waals surface area contributed by atoms with E-state index < -0.39 is 0 Å². The van der Waals surface area contributed by atoms with Gasteiger partial charge >= 0.3 is 0 Å². The smallest absolute Gasteiger partial charge is 0.191 e. The van der Waals surface area contributed by atoms with Gasteiger partial charge in [-0.05, 0) is 65.3 Å². The molecule has 0 fully saturated rings. The highest BCUT2D eigenvalue weighted by atomic mass is 15.2. The predicted octanol–water partition coefficient (Wildman–Crippen LogP) is 3.17. The summed E-state index contributed by atoms with van der Waals surface area (Å²) < 4.78 is 0. The first-order valence-corrected chi connectivity index (χ1v) is 8.81. The van der Waals surface area contributed by atoms with E-state index in [1.54, 1.807) is 0 Å². The fourth-order valence-electron chi connectivity index (χ4n) is 2.24. The fourth-order valence-corrected chi connectivity index (χ4v) is 2.24. The van der Waals surface area contributed by atoms with Crippen LogP contribution in [-0.4, -0.2) is 43.6 Å². The zero-order valence-corrected chi connectivity index (χ0v) is 15.5. The lowest BCUT2D eigenvalue weighted by Gasteiger charge is -2.20. The van der Waals surface area contributed by atoms with Crippen molar-refractivity contribution in [3.8, 4) is 0 Å². The number of aryl methyl sites for hydroxylation is 1. The Bertz CT molecular complexity index is 468. The van der Waals surface area contributed by atoms with E-state index in [2.05, 4.69) is 79.5 Å². The molecule has 0 spiro atoms. The monoisotopic (exact) mass is 318 g/mol. The molecule has 0 saturated carbocycles. The molecule has 0 aliphatic carbocycles. The van der Waals surface area contributed by atoms with Crippen LogP contribution in [0.5, 0.6) is 0 Å². The lowest BCUT2D eigenvalue weighted by Crippen LogP contribution is -2.38. The second kappa shape index (κ2) is 11.1. The Morgan fingerprint density at radius 2 is 1.91 bits per heavy atom. The van der Waals surface area contributed by atoms with E-state index in [1.165, 1.54) is 17.5 Å². The van der Waals surface area contributed by atoms with Gasteiger partial charge in [-0.1, -0.05) is 24.3 Å². The summed E-state index contributed by atoms with van der Waals surface area (Å²) in [5.41, 5.74) is 2.58. The van der Waals surface area contributed by atoms with E-state index in [9.17, 15) is 0 Å². The maximum absolute atomic E-state index is 4.69. The third kappa shape index (κ3) is 8.03. The highest BCUT2D eigenvalue weighted by molar-refractivity contribution is 5.79. The van der Waals surface area contributed by atoms with Gasteiger partial charge in [-0.25, -0.2) is 4.99 Å². The third-order valence-electron chi connectivity index (χ3n) is 4.12. The van der Waals surface area contributed by atoms with E-state index in [0.29, 0.717) is 6.04 Å². The SMILES string of the molecule is CCNC(=NCc1ccccc1C)NCCCCN(C)C(C)C. The number of aliphatic imine (C=N–C) groups is 1. The molecule has 4 nitrogen and oxygen atoms in total. The van der Waals surface area contributed by atoms with Crippen molar-refractivity contribution in [1.82, 2.24) is 15.5 Å². The molecule has 0 aliphatic heterocycles. The molecule has 0 unspecified atom stereocenters. The van der Waals surface area contributed by atoms with E-state index in [0.717, 1.165) is 38.6 Å². The summed E-state index contributed by atoms with van der Waals surface area (Å²) in [6.07, 6.45) is 2.37. The lowest BCUT2D eigenvalue weighted by molar-refractivity contribution is 0.268. The van der Waals surface area contributed by atoms with Crippen LogP contribution in [0.1, 0.15) is 44.7 Å². The van der Waals surface area contributed by atoms with Gasteiger partial charge in [-0.3, -0.25) is 0 Å². The van der Waals surface area contributed by atoms with Gasteiger partial charge in [0.25, 0.3) is 0 Å². The van der Waals surface area contributed by atoms with Gasteiger partial charge < -0.3 is 15.5 Å². The molecule has 0 aliphatic rings. The molecule has 2 N–H and O–H groups in total. The van der Waals surface area contributed by atoms with Crippen LogP contribution in [0.3, 0.4) is 0 Å². The van der Waals surface area contributed by atoms with Crippen LogP contribution in [0.2, 0.25) is 0 Å². The van der Waals surface area contributed by atoms with Gasteiger partial charge in [0.15, 0.2) is 5.96 Å². The summed E-state index contributed by atoms with van der Waals surface area (Å²) in [4.78, 5) is 7.08. The molecule has 0 aromatic heterocycles. The molecule has 130 valence electrons. The topological polar surface area (TPSA) is 39.7 Å². The number of rotatable bonds is 9. The van der Waals surface area contributed by atoms with Crippen molar-refractivity contribution in [2.45, 2.75) is 53.1 Å². The predicted molar refractivity (Wildman–Crippen MR) is 101 cm³/mol. The molecule has 0 atom stereocenters. The Labute approximate surface area is 142 Å². The molecular weight excluding hydrogens is 284 g/mol. The summed E-state index contributed by atoms with van der Waals surface area (Å²) in [5.74, 6) is 0.910. The minimum Gasteiger partial charge on any atom is -0.357 e. The van der Waals surface area contributed by atoms with Crippen LogP contribution in [0.15, 0.2) is 29.3 Å². The van der Waals surface area contributed by atoms with Gasteiger partial charge in [0.1, 0.15) is 0 Å². The number of nitrogens with zero attached hydrogens (tertiary/aromatic N) is 2. The average molecular weight is 319 g/mol. The number of unbranched alkanes of at least 4 members (excludes halogenated alkanes) is 1. The van der Waals surface area contributed by atoms with Crippen LogP contribution in [-0.2, 0) is 6.54 Å². The standard InChI is InChI=1S/C19H34N4/c1-6-20-19(21-13-9-10-14-23(5)16(2)3)22-15-18-12-8-7-11-17(18)4/h7-8,11-12,16H,6,9-10,13-15H2,1-5H3,(H2,20,21,22). The molecule has 0 amide bonds. The molecule has 0 heterocycles. The molecule has 23 heavy (non-hydrogen) atoms. The average Bonchev–Trinajstić information content (AvgIpc) is 2.53. The number of hydrogen-bond acceptors (Lipinski definition) is 2. The third-order valence-corrected chi connectivity index (χ3v) is 4.12. The first-order valence-electron chi connectivity index (χ1n) is 8.81. The van der Waals surface area contributed by atoms with E-state index in [-0.39, 0.29) is 0 Å². The van der Waals surface area contributed by atoms with Crippen molar-refractivity contribution in [3.05, 3.63) is 35.4 Å². The highest BCUT2D eigenvalue weighted by Gasteiger charge is 2.03. The molecule has 1 rings (SSSR count). The van der Waals surface area contributed by atoms with Crippen LogP contribution < -0.4 is 10.6 Å².